The van der Waals surface area contributed by atoms with Gasteiger partial charge in [-0.15, -0.1) is 0 Å². The highest BCUT2D eigenvalue weighted by Gasteiger charge is 2.31. The number of amides is 2. The molecule has 0 aromatic heterocycles. The monoisotopic (exact) mass is 410 g/mol. The number of benzene rings is 2. The van der Waals surface area contributed by atoms with Gasteiger partial charge < -0.3 is 4.74 Å². The Morgan fingerprint density at radius 1 is 0.900 bits per heavy atom. The molecular formula is C22H26N4O4. The number of hydrazine groups is 2. The van der Waals surface area contributed by atoms with Gasteiger partial charge in [-0.25, -0.2) is 0 Å². The Balaban J connectivity index is 0.000000177. The van der Waals surface area contributed by atoms with Gasteiger partial charge in [0.25, 0.3) is 0 Å². The molecule has 0 spiro atoms. The standard InChI is InChI=1S/C12H14N2O3.C10H12N2O/c1-9(15)17-8-10-7-14(13-12(10)16)11-5-3-2-4-6-11;1-8-7-12(11-10(8)13)9-5-3-2-4-6-9/h2-6,10H,7-8H2,1H3,(H,13,16);2-6,8H,7H2,1H3,(H,11,13). The van der Waals surface area contributed by atoms with Crippen LogP contribution in [0.25, 0.3) is 0 Å². The van der Waals surface area contributed by atoms with Crippen LogP contribution in [0.1, 0.15) is 13.8 Å². The third-order valence-electron chi connectivity index (χ3n) is 4.79. The van der Waals surface area contributed by atoms with E-state index in [0.717, 1.165) is 17.9 Å². The van der Waals surface area contributed by atoms with Crippen molar-refractivity contribution in [2.24, 2.45) is 11.8 Å². The molecule has 2 atom stereocenters. The number of anilines is 2. The molecule has 8 nitrogen and oxygen atoms in total. The molecule has 2 aliphatic rings. The van der Waals surface area contributed by atoms with E-state index < -0.39 is 0 Å². The first-order chi connectivity index (χ1) is 14.4. The predicted molar refractivity (Wildman–Crippen MR) is 113 cm³/mol. The molecule has 0 radical (unpaired) electrons. The summed E-state index contributed by atoms with van der Waals surface area (Å²) < 4.78 is 4.85. The van der Waals surface area contributed by atoms with Crippen molar-refractivity contribution in [3.05, 3.63) is 60.7 Å². The summed E-state index contributed by atoms with van der Waals surface area (Å²) in [5, 5.41) is 3.64. The van der Waals surface area contributed by atoms with Crippen molar-refractivity contribution >= 4 is 29.2 Å². The van der Waals surface area contributed by atoms with Crippen LogP contribution < -0.4 is 20.9 Å². The largest absolute Gasteiger partial charge is 0.465 e. The van der Waals surface area contributed by atoms with Gasteiger partial charge in [-0.2, -0.15) is 0 Å². The lowest BCUT2D eigenvalue weighted by Gasteiger charge is -2.17. The minimum Gasteiger partial charge on any atom is -0.465 e. The second kappa shape index (κ2) is 9.78. The normalized spacial score (nSPS) is 20.2. The van der Waals surface area contributed by atoms with Gasteiger partial charge in [0.15, 0.2) is 0 Å². The number of carbonyl (C=O) groups excluding carboxylic acids is 3. The molecule has 0 saturated carbocycles. The van der Waals surface area contributed by atoms with Crippen LogP contribution in [0.2, 0.25) is 0 Å². The fourth-order valence-electron chi connectivity index (χ4n) is 3.12. The zero-order valence-electron chi connectivity index (χ0n) is 17.1. The molecule has 2 amide bonds. The summed E-state index contributed by atoms with van der Waals surface area (Å²) in [6.45, 7) is 4.66. The SMILES string of the molecule is CC(=O)OCC1CN(c2ccccc2)NC1=O.CC1CN(c2ccccc2)NC1=O. The summed E-state index contributed by atoms with van der Waals surface area (Å²) in [6.07, 6.45) is 0. The zero-order valence-corrected chi connectivity index (χ0v) is 17.1. The van der Waals surface area contributed by atoms with Crippen LogP contribution in [0.3, 0.4) is 0 Å². The molecule has 2 aliphatic heterocycles. The van der Waals surface area contributed by atoms with Gasteiger partial charge >= 0.3 is 5.97 Å². The van der Waals surface area contributed by atoms with Gasteiger partial charge in [-0.3, -0.25) is 35.3 Å². The Morgan fingerprint density at radius 3 is 1.87 bits per heavy atom. The lowest BCUT2D eigenvalue weighted by molar-refractivity contribution is -0.143. The average molecular weight is 410 g/mol. The van der Waals surface area contributed by atoms with E-state index in [1.807, 2.05) is 72.6 Å². The van der Waals surface area contributed by atoms with Gasteiger partial charge in [0.2, 0.25) is 11.8 Å². The maximum absolute atomic E-state index is 11.6. The van der Waals surface area contributed by atoms with E-state index in [1.54, 1.807) is 5.01 Å². The van der Waals surface area contributed by atoms with Crippen LogP contribution in [0, 0.1) is 11.8 Å². The Labute approximate surface area is 175 Å². The van der Waals surface area contributed by atoms with E-state index >= 15 is 0 Å². The fourth-order valence-corrected chi connectivity index (χ4v) is 3.12. The number of esters is 1. The lowest BCUT2D eigenvalue weighted by Crippen LogP contribution is -2.32. The third-order valence-corrected chi connectivity index (χ3v) is 4.79. The predicted octanol–water partition coefficient (Wildman–Crippen LogP) is 1.89. The van der Waals surface area contributed by atoms with Gasteiger partial charge in [0, 0.05) is 6.92 Å². The van der Waals surface area contributed by atoms with Gasteiger partial charge in [0.05, 0.1) is 36.3 Å². The van der Waals surface area contributed by atoms with Gasteiger partial charge in [-0.05, 0) is 24.3 Å². The number of para-hydroxylation sites is 2. The molecule has 2 aromatic rings. The van der Waals surface area contributed by atoms with Crippen LogP contribution in [-0.2, 0) is 19.1 Å². The van der Waals surface area contributed by atoms with E-state index in [0.29, 0.717) is 6.54 Å². The second-order valence-corrected chi connectivity index (χ2v) is 7.24. The molecule has 0 aliphatic carbocycles. The molecule has 8 heteroatoms. The van der Waals surface area contributed by atoms with Crippen molar-refractivity contribution < 1.29 is 19.1 Å². The van der Waals surface area contributed by atoms with E-state index in [2.05, 4.69) is 10.9 Å². The highest BCUT2D eigenvalue weighted by molar-refractivity contribution is 5.84. The first-order valence-corrected chi connectivity index (χ1v) is 9.83. The molecule has 2 heterocycles. The first-order valence-electron chi connectivity index (χ1n) is 9.83. The zero-order chi connectivity index (χ0) is 21.5. The number of ether oxygens (including phenoxy) is 1. The molecule has 4 rings (SSSR count). The molecule has 2 fully saturated rings. The molecule has 0 bridgehead atoms. The topological polar surface area (TPSA) is 91.0 Å². The summed E-state index contributed by atoms with van der Waals surface area (Å²) in [7, 11) is 0. The number of hydrogen-bond donors (Lipinski definition) is 2. The number of nitrogens with one attached hydrogen (secondary N) is 2. The van der Waals surface area contributed by atoms with Gasteiger partial charge in [-0.1, -0.05) is 43.3 Å². The van der Waals surface area contributed by atoms with Crippen molar-refractivity contribution in [2.75, 3.05) is 29.7 Å². The molecule has 158 valence electrons. The van der Waals surface area contributed by atoms with Crippen molar-refractivity contribution in [1.29, 1.82) is 0 Å². The lowest BCUT2D eigenvalue weighted by atomic mass is 10.1. The Morgan fingerprint density at radius 2 is 1.40 bits per heavy atom. The van der Waals surface area contributed by atoms with E-state index in [9.17, 15) is 14.4 Å². The summed E-state index contributed by atoms with van der Waals surface area (Å²) in [5.74, 6) is -0.603. The highest BCUT2D eigenvalue weighted by atomic mass is 16.5. The maximum Gasteiger partial charge on any atom is 0.302 e. The number of rotatable bonds is 4. The summed E-state index contributed by atoms with van der Waals surface area (Å²) in [4.78, 5) is 33.5. The summed E-state index contributed by atoms with van der Waals surface area (Å²) >= 11 is 0. The smallest absolute Gasteiger partial charge is 0.302 e. The van der Waals surface area contributed by atoms with Crippen LogP contribution in [0.4, 0.5) is 11.4 Å². The van der Waals surface area contributed by atoms with Crippen molar-refractivity contribution in [3.63, 3.8) is 0 Å². The molecule has 30 heavy (non-hydrogen) atoms. The van der Waals surface area contributed by atoms with Crippen molar-refractivity contribution in [1.82, 2.24) is 10.9 Å². The maximum atomic E-state index is 11.6. The van der Waals surface area contributed by atoms with Crippen LogP contribution >= 0.6 is 0 Å². The van der Waals surface area contributed by atoms with E-state index in [4.69, 9.17) is 4.74 Å². The van der Waals surface area contributed by atoms with Crippen LogP contribution in [0.5, 0.6) is 0 Å². The molecule has 2 N–H and O–H groups in total. The van der Waals surface area contributed by atoms with E-state index in [1.165, 1.54) is 6.92 Å². The van der Waals surface area contributed by atoms with Crippen LogP contribution in [-0.4, -0.2) is 37.5 Å². The number of carbonyl (C=O) groups is 3. The molecular weight excluding hydrogens is 384 g/mol. The molecule has 2 saturated heterocycles. The highest BCUT2D eigenvalue weighted by Crippen LogP contribution is 2.18. The second-order valence-electron chi connectivity index (χ2n) is 7.24. The average Bonchev–Trinajstić information content (AvgIpc) is 3.30. The Bertz CT molecular complexity index is 875. The third kappa shape index (κ3) is 5.50. The minimum atomic E-state index is -0.365. The molecule has 2 unspecified atom stereocenters. The quantitative estimate of drug-likeness (QED) is 0.748. The fraction of sp³-hybridized carbons (Fsp3) is 0.318. The molecule has 2 aromatic carbocycles. The summed E-state index contributed by atoms with van der Waals surface area (Å²) in [5.41, 5.74) is 7.53. The van der Waals surface area contributed by atoms with Crippen molar-refractivity contribution in [2.45, 2.75) is 13.8 Å². The number of hydrogen-bond acceptors (Lipinski definition) is 6. The van der Waals surface area contributed by atoms with Crippen molar-refractivity contribution in [3.8, 4) is 0 Å². The van der Waals surface area contributed by atoms with Gasteiger partial charge in [0.1, 0.15) is 6.61 Å². The summed E-state index contributed by atoms with van der Waals surface area (Å²) in [6, 6.07) is 19.4. The first kappa shape index (κ1) is 21.2. The van der Waals surface area contributed by atoms with E-state index in [-0.39, 0.29) is 36.2 Å². The number of nitrogens with zero attached hydrogens (tertiary/aromatic N) is 2. The minimum absolute atomic E-state index is 0.0835. The van der Waals surface area contributed by atoms with Crippen LogP contribution in [0.15, 0.2) is 60.7 Å². The Kier molecular flexibility index (Phi) is 6.90. The Hall–Kier alpha value is -3.55.